The lowest BCUT2D eigenvalue weighted by molar-refractivity contribution is -0.118. The van der Waals surface area contributed by atoms with Gasteiger partial charge in [-0.2, -0.15) is 5.26 Å². The van der Waals surface area contributed by atoms with Gasteiger partial charge in [-0.05, 0) is 43.7 Å². The van der Waals surface area contributed by atoms with E-state index in [9.17, 15) is 10.1 Å². The quantitative estimate of drug-likeness (QED) is 0.754. The van der Waals surface area contributed by atoms with E-state index in [-0.39, 0.29) is 11.7 Å². The van der Waals surface area contributed by atoms with Gasteiger partial charge in [0.25, 0.3) is 5.91 Å². The number of amides is 1. The molecule has 1 atom stereocenters. The fourth-order valence-corrected chi connectivity index (χ4v) is 3.39. The average molecular weight is 395 g/mol. The van der Waals surface area contributed by atoms with Crippen LogP contribution in [-0.2, 0) is 4.79 Å². The van der Waals surface area contributed by atoms with Gasteiger partial charge in [-0.1, -0.05) is 24.3 Å². The number of anilines is 1. The van der Waals surface area contributed by atoms with Crippen molar-refractivity contribution in [2.45, 2.75) is 26.1 Å². The van der Waals surface area contributed by atoms with Gasteiger partial charge >= 0.3 is 0 Å². The number of thiol groups is 1. The molecule has 1 heterocycles. The number of ether oxygens (including phenoxy) is 2. The second kappa shape index (κ2) is 8.28. The van der Waals surface area contributed by atoms with E-state index in [2.05, 4.69) is 17.9 Å². The molecular formula is C21H21N3O3S. The summed E-state index contributed by atoms with van der Waals surface area (Å²) < 4.78 is 11.2. The second-order valence-electron chi connectivity index (χ2n) is 6.47. The van der Waals surface area contributed by atoms with Crippen molar-refractivity contribution in [2.24, 2.45) is 0 Å². The highest BCUT2D eigenvalue weighted by Gasteiger charge is 2.34. The first-order chi connectivity index (χ1) is 13.5. The predicted octanol–water partition coefficient (Wildman–Crippen LogP) is 3.78. The number of nitrogens with zero attached hydrogens (tertiary/aromatic N) is 2. The van der Waals surface area contributed by atoms with E-state index >= 15 is 0 Å². The third kappa shape index (κ3) is 3.78. The number of para-hydroxylation sites is 1. The second-order valence-corrected chi connectivity index (χ2v) is 6.89. The summed E-state index contributed by atoms with van der Waals surface area (Å²) in [6.07, 6.45) is -0.554. The Morgan fingerprint density at radius 3 is 2.50 bits per heavy atom. The predicted molar refractivity (Wildman–Crippen MR) is 110 cm³/mol. The molecule has 0 radical (unpaired) electrons. The lowest BCUT2D eigenvalue weighted by Crippen LogP contribution is -2.46. The summed E-state index contributed by atoms with van der Waals surface area (Å²) >= 11 is 4.49. The topological polar surface area (TPSA) is 74.6 Å². The Labute approximate surface area is 169 Å². The molecule has 0 spiro atoms. The van der Waals surface area contributed by atoms with E-state index in [0.29, 0.717) is 16.5 Å². The highest BCUT2D eigenvalue weighted by atomic mass is 32.1. The summed E-state index contributed by atoms with van der Waals surface area (Å²) in [5.41, 5.74) is 1.54. The molecule has 0 unspecified atom stereocenters. The van der Waals surface area contributed by atoms with Gasteiger partial charge in [-0.3, -0.25) is 4.79 Å². The Bertz CT molecular complexity index is 951. The highest BCUT2D eigenvalue weighted by molar-refractivity contribution is 7.84. The molecule has 1 amide bonds. The van der Waals surface area contributed by atoms with Gasteiger partial charge < -0.3 is 19.7 Å². The maximum atomic E-state index is 12.4. The van der Waals surface area contributed by atoms with Crippen molar-refractivity contribution in [3.05, 3.63) is 64.7 Å². The Balaban J connectivity index is 2.10. The number of benzene rings is 2. The van der Waals surface area contributed by atoms with Crippen LogP contribution in [0.5, 0.6) is 11.5 Å². The molecule has 144 valence electrons. The number of hydrogen-bond donors (Lipinski definition) is 2. The van der Waals surface area contributed by atoms with E-state index < -0.39 is 12.1 Å². The third-order valence-electron chi connectivity index (χ3n) is 4.22. The smallest absolute Gasteiger partial charge is 0.266 e. The molecule has 1 aliphatic rings. The number of hydrogen-bond acceptors (Lipinski definition) is 6. The fraction of sp³-hybridized carbons (Fsp3) is 0.238. The van der Waals surface area contributed by atoms with Crippen molar-refractivity contribution in [3.63, 3.8) is 0 Å². The van der Waals surface area contributed by atoms with Crippen LogP contribution in [0.1, 0.15) is 25.6 Å². The van der Waals surface area contributed by atoms with Crippen LogP contribution in [-0.4, -0.2) is 19.1 Å². The molecule has 0 bridgehead atoms. The van der Waals surface area contributed by atoms with Crippen LogP contribution in [0.2, 0.25) is 0 Å². The van der Waals surface area contributed by atoms with Crippen LogP contribution in [0.15, 0.2) is 59.1 Å². The minimum Gasteiger partial charge on any atom is -0.493 e. The first-order valence-corrected chi connectivity index (χ1v) is 9.24. The minimum absolute atomic E-state index is 0.000107. The summed E-state index contributed by atoms with van der Waals surface area (Å²) in [5, 5.41) is 12.6. The van der Waals surface area contributed by atoms with Crippen LogP contribution in [0.25, 0.3) is 0 Å². The SMILES string of the molecule is COc1cc([C@H]2NC(=O)C(C#N)=C(S)N2c2ccccc2)ccc1OC(C)C. The van der Waals surface area contributed by atoms with Gasteiger partial charge in [0.1, 0.15) is 17.8 Å². The number of carbonyl (C=O) groups is 1. The molecule has 0 saturated carbocycles. The van der Waals surface area contributed by atoms with Crippen LogP contribution in [0.4, 0.5) is 5.69 Å². The molecular weight excluding hydrogens is 374 g/mol. The first-order valence-electron chi connectivity index (χ1n) is 8.79. The Hall–Kier alpha value is -3.11. The normalized spacial score (nSPS) is 16.6. The zero-order valence-electron chi connectivity index (χ0n) is 15.8. The lowest BCUT2D eigenvalue weighted by atomic mass is 10.1. The molecule has 1 aliphatic heterocycles. The van der Waals surface area contributed by atoms with Crippen molar-refractivity contribution in [1.82, 2.24) is 5.32 Å². The number of carbonyl (C=O) groups excluding carboxylic acids is 1. The number of nitrogens with one attached hydrogen (secondary N) is 1. The number of rotatable bonds is 5. The van der Waals surface area contributed by atoms with Gasteiger partial charge in [-0.25, -0.2) is 0 Å². The Morgan fingerprint density at radius 2 is 1.89 bits per heavy atom. The molecule has 1 N–H and O–H groups in total. The van der Waals surface area contributed by atoms with Gasteiger partial charge in [-0.15, -0.1) is 12.6 Å². The molecule has 28 heavy (non-hydrogen) atoms. The van der Waals surface area contributed by atoms with E-state index in [4.69, 9.17) is 9.47 Å². The monoisotopic (exact) mass is 395 g/mol. The van der Waals surface area contributed by atoms with Gasteiger partial charge in [0.2, 0.25) is 0 Å². The molecule has 2 aromatic carbocycles. The summed E-state index contributed by atoms with van der Waals surface area (Å²) in [6, 6.07) is 16.9. The summed E-state index contributed by atoms with van der Waals surface area (Å²) in [6.45, 7) is 3.88. The van der Waals surface area contributed by atoms with Crippen molar-refractivity contribution < 1.29 is 14.3 Å². The third-order valence-corrected chi connectivity index (χ3v) is 4.66. The Kier molecular flexibility index (Phi) is 5.81. The van der Waals surface area contributed by atoms with Gasteiger partial charge in [0.15, 0.2) is 11.5 Å². The number of nitriles is 1. The molecule has 0 fully saturated rings. The van der Waals surface area contributed by atoms with Crippen LogP contribution in [0, 0.1) is 11.3 Å². The molecule has 7 heteroatoms. The largest absolute Gasteiger partial charge is 0.493 e. The molecule has 0 aromatic heterocycles. The number of methoxy groups -OCH3 is 1. The molecule has 0 aliphatic carbocycles. The maximum absolute atomic E-state index is 12.4. The first kappa shape index (κ1) is 19.6. The summed E-state index contributed by atoms with van der Waals surface area (Å²) in [4.78, 5) is 14.2. The highest BCUT2D eigenvalue weighted by Crippen LogP contribution is 2.38. The van der Waals surface area contributed by atoms with Gasteiger partial charge in [0, 0.05) is 5.69 Å². The van der Waals surface area contributed by atoms with E-state index in [1.165, 1.54) is 0 Å². The van der Waals surface area contributed by atoms with Crippen LogP contribution >= 0.6 is 12.6 Å². The maximum Gasteiger partial charge on any atom is 0.266 e. The molecule has 6 nitrogen and oxygen atoms in total. The summed E-state index contributed by atoms with van der Waals surface area (Å²) in [7, 11) is 1.57. The fourth-order valence-electron chi connectivity index (χ4n) is 3.00. The molecule has 0 saturated heterocycles. The van der Waals surface area contributed by atoms with E-state index in [1.807, 2.05) is 68.4 Å². The van der Waals surface area contributed by atoms with Crippen molar-refractivity contribution in [1.29, 1.82) is 5.26 Å². The van der Waals surface area contributed by atoms with Crippen molar-refractivity contribution in [2.75, 3.05) is 12.0 Å². The molecule has 2 aromatic rings. The zero-order valence-corrected chi connectivity index (χ0v) is 16.7. The zero-order chi connectivity index (χ0) is 20.3. The van der Waals surface area contributed by atoms with Crippen LogP contribution < -0.4 is 19.7 Å². The lowest BCUT2D eigenvalue weighted by Gasteiger charge is -2.38. The Morgan fingerprint density at radius 1 is 1.18 bits per heavy atom. The van der Waals surface area contributed by atoms with Crippen LogP contribution in [0.3, 0.4) is 0 Å². The standard InChI is InChI=1S/C21H21N3O3S/c1-13(2)27-17-10-9-14(11-18(17)26-3)19-23-20(25)16(12-22)21(28)24(19)15-7-5-4-6-8-15/h4-11,13,19,28H,1-3H3,(H,23,25)/t19-/m0/s1. The van der Waals surface area contributed by atoms with E-state index in [0.717, 1.165) is 11.3 Å². The molecule has 3 rings (SSSR count). The van der Waals surface area contributed by atoms with Gasteiger partial charge in [0.05, 0.1) is 18.2 Å². The average Bonchev–Trinajstić information content (AvgIpc) is 2.68. The summed E-state index contributed by atoms with van der Waals surface area (Å²) in [5.74, 6) is 0.712. The van der Waals surface area contributed by atoms with E-state index in [1.54, 1.807) is 12.0 Å². The van der Waals surface area contributed by atoms with Crippen molar-refractivity contribution in [3.8, 4) is 17.6 Å². The van der Waals surface area contributed by atoms with Crippen molar-refractivity contribution >= 4 is 24.2 Å². The minimum atomic E-state index is -0.554.